The van der Waals surface area contributed by atoms with Gasteiger partial charge < -0.3 is 9.64 Å². The highest BCUT2D eigenvalue weighted by atomic mass is 16.5. The van der Waals surface area contributed by atoms with Crippen molar-refractivity contribution in [1.82, 2.24) is 4.90 Å². The van der Waals surface area contributed by atoms with Gasteiger partial charge in [0, 0.05) is 37.4 Å². The molecule has 3 nitrogen and oxygen atoms in total. The summed E-state index contributed by atoms with van der Waals surface area (Å²) in [6.45, 7) is 5.22. The molecule has 0 aliphatic carbocycles. The van der Waals surface area contributed by atoms with Crippen molar-refractivity contribution in [3.63, 3.8) is 0 Å². The van der Waals surface area contributed by atoms with E-state index in [1.807, 2.05) is 31.2 Å². The Morgan fingerprint density at radius 3 is 2.36 bits per heavy atom. The third kappa shape index (κ3) is 5.80. The summed E-state index contributed by atoms with van der Waals surface area (Å²) < 4.78 is 5.86. The molecule has 0 saturated heterocycles. The van der Waals surface area contributed by atoms with E-state index in [-0.39, 0.29) is 0 Å². The molecule has 1 aliphatic heterocycles. The summed E-state index contributed by atoms with van der Waals surface area (Å²) in [5.74, 6) is 0.304. The standard InChI is InChI=1S/C25H31NO2/c1-2-25(27)23-15-9-17-26(19-21-11-5-3-6-12-21)24(23)16-10-18-28-20-22-13-7-4-8-14-22/h3-8,11-14H,2,9-10,15-20H2,1H3. The smallest absolute Gasteiger partial charge is 0.160 e. The third-order valence-corrected chi connectivity index (χ3v) is 5.27. The van der Waals surface area contributed by atoms with Crippen LogP contribution in [0.1, 0.15) is 50.2 Å². The number of ether oxygens (including phenoxy) is 1. The Morgan fingerprint density at radius 2 is 1.68 bits per heavy atom. The number of Topliss-reactive ketones (excluding diaryl/α,β-unsaturated/α-hetero) is 1. The van der Waals surface area contributed by atoms with E-state index in [0.29, 0.717) is 25.4 Å². The van der Waals surface area contributed by atoms with Crippen molar-refractivity contribution in [2.45, 2.75) is 52.2 Å². The second-order valence-corrected chi connectivity index (χ2v) is 7.35. The second-order valence-electron chi connectivity index (χ2n) is 7.35. The Bertz CT molecular complexity index is 768. The largest absolute Gasteiger partial charge is 0.377 e. The summed E-state index contributed by atoms with van der Waals surface area (Å²) >= 11 is 0. The first kappa shape index (κ1) is 20.3. The zero-order valence-corrected chi connectivity index (χ0v) is 16.9. The number of carbonyl (C=O) groups is 1. The molecule has 0 saturated carbocycles. The number of rotatable bonds is 10. The van der Waals surface area contributed by atoms with Crippen LogP contribution in [-0.4, -0.2) is 23.8 Å². The molecule has 2 aromatic carbocycles. The van der Waals surface area contributed by atoms with Gasteiger partial charge in [-0.15, -0.1) is 0 Å². The summed E-state index contributed by atoms with van der Waals surface area (Å²) in [5, 5.41) is 0. The highest BCUT2D eigenvalue weighted by Gasteiger charge is 2.23. The average Bonchev–Trinajstić information content (AvgIpc) is 2.75. The van der Waals surface area contributed by atoms with Crippen molar-refractivity contribution in [3.05, 3.63) is 83.1 Å². The molecule has 1 aliphatic rings. The molecule has 0 bridgehead atoms. The number of ketones is 1. The van der Waals surface area contributed by atoms with Gasteiger partial charge >= 0.3 is 0 Å². The number of allylic oxidation sites excluding steroid dienone is 2. The minimum absolute atomic E-state index is 0.304. The van der Waals surface area contributed by atoms with Crippen LogP contribution in [-0.2, 0) is 22.7 Å². The molecule has 3 heteroatoms. The van der Waals surface area contributed by atoms with E-state index in [9.17, 15) is 4.79 Å². The Hall–Kier alpha value is -2.39. The Balaban J connectivity index is 1.61. The molecule has 0 spiro atoms. The Morgan fingerprint density at radius 1 is 1.00 bits per heavy atom. The molecule has 1 heterocycles. The molecular formula is C25H31NO2. The number of hydrogen-bond acceptors (Lipinski definition) is 3. The third-order valence-electron chi connectivity index (χ3n) is 5.27. The van der Waals surface area contributed by atoms with E-state index < -0.39 is 0 Å². The number of carbonyl (C=O) groups excluding carboxylic acids is 1. The SMILES string of the molecule is CCC(=O)C1=C(CCCOCc2ccccc2)N(Cc2ccccc2)CCC1. The van der Waals surface area contributed by atoms with Gasteiger partial charge in [-0.3, -0.25) is 4.79 Å². The Labute approximate surface area is 169 Å². The van der Waals surface area contributed by atoms with Gasteiger partial charge in [0.25, 0.3) is 0 Å². The van der Waals surface area contributed by atoms with Crippen LogP contribution < -0.4 is 0 Å². The van der Waals surface area contributed by atoms with Gasteiger partial charge in [-0.05, 0) is 36.8 Å². The van der Waals surface area contributed by atoms with E-state index in [2.05, 4.69) is 41.3 Å². The Kier molecular flexibility index (Phi) is 7.86. The number of hydrogen-bond donors (Lipinski definition) is 0. The highest BCUT2D eigenvalue weighted by molar-refractivity contribution is 5.95. The first-order valence-corrected chi connectivity index (χ1v) is 10.4. The topological polar surface area (TPSA) is 29.5 Å². The van der Waals surface area contributed by atoms with Crippen molar-refractivity contribution in [2.24, 2.45) is 0 Å². The van der Waals surface area contributed by atoms with Gasteiger partial charge in [-0.2, -0.15) is 0 Å². The lowest BCUT2D eigenvalue weighted by molar-refractivity contribution is -0.115. The summed E-state index contributed by atoms with van der Waals surface area (Å²) in [6.07, 6.45) is 4.40. The molecule has 0 radical (unpaired) electrons. The molecule has 0 aromatic heterocycles. The molecule has 0 amide bonds. The van der Waals surface area contributed by atoms with Crippen LogP contribution in [0.25, 0.3) is 0 Å². The lowest BCUT2D eigenvalue weighted by atomic mass is 9.94. The van der Waals surface area contributed by atoms with Crippen molar-refractivity contribution in [2.75, 3.05) is 13.2 Å². The van der Waals surface area contributed by atoms with Gasteiger partial charge in [0.2, 0.25) is 0 Å². The highest BCUT2D eigenvalue weighted by Crippen LogP contribution is 2.29. The number of benzene rings is 2. The van der Waals surface area contributed by atoms with Crippen LogP contribution in [0.4, 0.5) is 0 Å². The summed E-state index contributed by atoms with van der Waals surface area (Å²) in [7, 11) is 0. The van der Waals surface area contributed by atoms with Crippen LogP contribution >= 0.6 is 0 Å². The molecule has 3 rings (SSSR count). The zero-order valence-electron chi connectivity index (χ0n) is 16.9. The van der Waals surface area contributed by atoms with E-state index in [0.717, 1.165) is 44.3 Å². The quantitative estimate of drug-likeness (QED) is 0.511. The molecule has 28 heavy (non-hydrogen) atoms. The average molecular weight is 378 g/mol. The van der Waals surface area contributed by atoms with Crippen LogP contribution in [0.15, 0.2) is 71.9 Å². The first-order chi connectivity index (χ1) is 13.8. The van der Waals surface area contributed by atoms with Crippen LogP contribution in [0.2, 0.25) is 0 Å². The fraction of sp³-hybridized carbons (Fsp3) is 0.400. The molecule has 148 valence electrons. The lowest BCUT2D eigenvalue weighted by Crippen LogP contribution is -2.30. The van der Waals surface area contributed by atoms with Crippen molar-refractivity contribution in [1.29, 1.82) is 0 Å². The van der Waals surface area contributed by atoms with Crippen LogP contribution in [0.5, 0.6) is 0 Å². The van der Waals surface area contributed by atoms with Crippen molar-refractivity contribution < 1.29 is 9.53 Å². The fourth-order valence-electron chi connectivity index (χ4n) is 3.82. The second kappa shape index (κ2) is 10.8. The first-order valence-electron chi connectivity index (χ1n) is 10.4. The van der Waals surface area contributed by atoms with Gasteiger partial charge in [-0.25, -0.2) is 0 Å². The molecule has 0 fully saturated rings. The number of nitrogens with zero attached hydrogens (tertiary/aromatic N) is 1. The van der Waals surface area contributed by atoms with E-state index in [1.165, 1.54) is 16.8 Å². The van der Waals surface area contributed by atoms with Gasteiger partial charge in [0.15, 0.2) is 5.78 Å². The molecule has 0 N–H and O–H groups in total. The normalized spacial score (nSPS) is 14.4. The fourth-order valence-corrected chi connectivity index (χ4v) is 3.82. The van der Waals surface area contributed by atoms with Crippen LogP contribution in [0, 0.1) is 0 Å². The summed E-state index contributed by atoms with van der Waals surface area (Å²) in [4.78, 5) is 14.9. The van der Waals surface area contributed by atoms with Gasteiger partial charge in [0.05, 0.1) is 6.61 Å². The summed E-state index contributed by atoms with van der Waals surface area (Å²) in [6, 6.07) is 20.8. The van der Waals surface area contributed by atoms with Crippen LogP contribution in [0.3, 0.4) is 0 Å². The molecular weight excluding hydrogens is 346 g/mol. The maximum Gasteiger partial charge on any atom is 0.160 e. The minimum Gasteiger partial charge on any atom is -0.377 e. The predicted octanol–water partition coefficient (Wildman–Crippen LogP) is 5.51. The molecule has 0 atom stereocenters. The monoisotopic (exact) mass is 377 g/mol. The molecule has 2 aromatic rings. The molecule has 0 unspecified atom stereocenters. The zero-order chi connectivity index (χ0) is 19.6. The summed E-state index contributed by atoms with van der Waals surface area (Å²) in [5.41, 5.74) is 4.79. The van der Waals surface area contributed by atoms with Gasteiger partial charge in [0.1, 0.15) is 0 Å². The van der Waals surface area contributed by atoms with Crippen molar-refractivity contribution >= 4 is 5.78 Å². The maximum atomic E-state index is 12.5. The maximum absolute atomic E-state index is 12.5. The van der Waals surface area contributed by atoms with E-state index in [4.69, 9.17) is 4.74 Å². The van der Waals surface area contributed by atoms with E-state index >= 15 is 0 Å². The lowest BCUT2D eigenvalue weighted by Gasteiger charge is -2.34. The predicted molar refractivity (Wildman–Crippen MR) is 114 cm³/mol. The van der Waals surface area contributed by atoms with Gasteiger partial charge in [-0.1, -0.05) is 67.6 Å². The van der Waals surface area contributed by atoms with E-state index in [1.54, 1.807) is 0 Å². The van der Waals surface area contributed by atoms with Crippen molar-refractivity contribution in [3.8, 4) is 0 Å². The minimum atomic E-state index is 0.304.